The van der Waals surface area contributed by atoms with Gasteiger partial charge in [0, 0.05) is 28.2 Å². The van der Waals surface area contributed by atoms with Crippen molar-refractivity contribution in [2.24, 2.45) is 0 Å². The molecule has 1 rings (SSSR count). The summed E-state index contributed by atoms with van der Waals surface area (Å²) < 4.78 is 5.35. The first-order valence-corrected chi connectivity index (χ1v) is 8.57. The molecule has 1 aromatic carbocycles. The second kappa shape index (κ2) is 9.05. The quantitative estimate of drug-likeness (QED) is 0.576. The molecule has 0 atom stereocenters. The molecule has 0 aliphatic heterocycles. The highest BCUT2D eigenvalue weighted by Crippen LogP contribution is 2.31. The number of benzene rings is 1. The van der Waals surface area contributed by atoms with E-state index in [1.165, 1.54) is 10.5 Å². The van der Waals surface area contributed by atoms with E-state index in [0.717, 1.165) is 5.69 Å². The van der Waals surface area contributed by atoms with Gasteiger partial charge in [-0.05, 0) is 28.5 Å². The zero-order valence-corrected chi connectivity index (χ0v) is 15.6. The van der Waals surface area contributed by atoms with Gasteiger partial charge in [0.05, 0.1) is 5.69 Å². The molecule has 0 N–H and O–H groups in total. The van der Waals surface area contributed by atoms with Gasteiger partial charge in [-0.25, -0.2) is 4.79 Å². The number of alkyl halides is 1. The number of anilines is 1. The Balaban J connectivity index is 0.00000172. The number of amides is 1. The molecule has 1 aromatic rings. The third-order valence-electron chi connectivity index (χ3n) is 2.69. The van der Waals surface area contributed by atoms with Crippen LogP contribution in [0.3, 0.4) is 0 Å². The van der Waals surface area contributed by atoms with Crippen LogP contribution in [0.2, 0.25) is 0 Å². The Morgan fingerprint density at radius 2 is 1.70 bits per heavy atom. The highest BCUT2D eigenvalue weighted by molar-refractivity contribution is 14.1. The maximum Gasteiger partial charge on any atom is 0.414 e. The molecule has 0 unspecified atom stereocenters. The van der Waals surface area contributed by atoms with Crippen LogP contribution in [-0.4, -0.2) is 44.1 Å². The number of hydrogen-bond donors (Lipinski definition) is 0. The Hall–Kier alpha value is -0.980. The number of carbonyl (C=O) groups is 1. The third kappa shape index (κ3) is 5.56. The summed E-state index contributed by atoms with van der Waals surface area (Å²) in [5.74, 6) is 1.03. The summed E-state index contributed by atoms with van der Waals surface area (Å²) in [6.45, 7) is 4.28. The van der Waals surface area contributed by atoms with Crippen molar-refractivity contribution < 1.29 is 9.53 Å². The fourth-order valence-electron chi connectivity index (χ4n) is 1.51. The fraction of sp³-hybridized carbons (Fsp3) is 0.533. The Bertz CT molecular complexity index is 432. The molecule has 0 heterocycles. The molecule has 4 nitrogen and oxygen atoms in total. The van der Waals surface area contributed by atoms with E-state index in [1.807, 2.05) is 36.1 Å². The summed E-state index contributed by atoms with van der Waals surface area (Å²) >= 11 is 2.15. The van der Waals surface area contributed by atoms with Gasteiger partial charge in [0.1, 0.15) is 0 Å². The molecule has 0 spiro atoms. The van der Waals surface area contributed by atoms with Crippen LogP contribution < -0.4 is 9.64 Å². The van der Waals surface area contributed by atoms with E-state index in [1.54, 1.807) is 14.1 Å². The van der Waals surface area contributed by atoms with Crippen molar-refractivity contribution in [3.05, 3.63) is 23.8 Å². The molecular weight excluding hydrogens is 367 g/mol. The van der Waals surface area contributed by atoms with Gasteiger partial charge in [-0.2, -0.15) is 0 Å². The van der Waals surface area contributed by atoms with E-state index in [-0.39, 0.29) is 6.09 Å². The number of halogens is 1. The zero-order chi connectivity index (χ0) is 15.9. The lowest BCUT2D eigenvalue weighted by molar-refractivity contribution is 0.172. The molecule has 0 saturated carbocycles. The van der Waals surface area contributed by atoms with Crippen LogP contribution in [0.1, 0.15) is 25.3 Å². The van der Waals surface area contributed by atoms with Crippen molar-refractivity contribution in [2.75, 3.05) is 38.0 Å². The molecule has 0 saturated heterocycles. The van der Waals surface area contributed by atoms with Gasteiger partial charge < -0.3 is 14.5 Å². The molecule has 0 aliphatic rings. The van der Waals surface area contributed by atoms with E-state index in [4.69, 9.17) is 4.74 Å². The van der Waals surface area contributed by atoms with Crippen molar-refractivity contribution in [3.63, 3.8) is 0 Å². The zero-order valence-electron chi connectivity index (χ0n) is 13.4. The van der Waals surface area contributed by atoms with Crippen LogP contribution in [0.4, 0.5) is 10.5 Å². The average molecular weight is 392 g/mol. The molecule has 0 bridgehead atoms. The van der Waals surface area contributed by atoms with Crippen molar-refractivity contribution in [3.8, 4) is 5.75 Å². The van der Waals surface area contributed by atoms with Crippen molar-refractivity contribution in [2.45, 2.75) is 19.8 Å². The average Bonchev–Trinajstić information content (AvgIpc) is 2.40. The minimum atomic E-state index is -0.365. The molecule has 20 heavy (non-hydrogen) atoms. The van der Waals surface area contributed by atoms with Crippen molar-refractivity contribution >= 4 is 34.4 Å². The highest BCUT2D eigenvalue weighted by atomic mass is 127. The first-order chi connectivity index (χ1) is 9.32. The Labute approximate surface area is 136 Å². The summed E-state index contributed by atoms with van der Waals surface area (Å²) in [7, 11) is 7.21. The summed E-state index contributed by atoms with van der Waals surface area (Å²) in [6, 6.07) is 5.91. The van der Waals surface area contributed by atoms with Crippen LogP contribution in [0.25, 0.3) is 0 Å². The fourth-order valence-corrected chi connectivity index (χ4v) is 1.51. The largest absolute Gasteiger partial charge is 0.414 e. The highest BCUT2D eigenvalue weighted by Gasteiger charge is 2.13. The first kappa shape index (κ1) is 19.0. The lowest BCUT2D eigenvalue weighted by Crippen LogP contribution is -2.26. The second-order valence-electron chi connectivity index (χ2n) is 5.04. The van der Waals surface area contributed by atoms with Gasteiger partial charge in [-0.3, -0.25) is 0 Å². The predicted molar refractivity (Wildman–Crippen MR) is 94.5 cm³/mol. The molecule has 0 aromatic heterocycles. The molecule has 5 heteroatoms. The SMILES string of the molecule is CC(C)c1ccc(OC(=O)N(C)C)c(N(C)C)c1.CI. The van der Waals surface area contributed by atoms with Gasteiger partial charge in [-0.15, -0.1) is 0 Å². The maximum absolute atomic E-state index is 11.6. The van der Waals surface area contributed by atoms with E-state index in [2.05, 4.69) is 42.5 Å². The maximum atomic E-state index is 11.6. The normalized spacial score (nSPS) is 9.65. The summed E-state index contributed by atoms with van der Waals surface area (Å²) in [5, 5.41) is 0. The minimum Gasteiger partial charge on any atom is -0.408 e. The van der Waals surface area contributed by atoms with E-state index in [9.17, 15) is 4.79 Å². The number of ether oxygens (including phenoxy) is 1. The Morgan fingerprint density at radius 3 is 2.10 bits per heavy atom. The first-order valence-electron chi connectivity index (χ1n) is 6.41. The molecule has 1 amide bonds. The van der Waals surface area contributed by atoms with Crippen LogP contribution in [0, 0.1) is 0 Å². The van der Waals surface area contributed by atoms with Crippen molar-refractivity contribution in [1.29, 1.82) is 0 Å². The third-order valence-corrected chi connectivity index (χ3v) is 2.69. The topological polar surface area (TPSA) is 32.8 Å². The van der Waals surface area contributed by atoms with Crippen LogP contribution in [0.5, 0.6) is 5.75 Å². The predicted octanol–water partition coefficient (Wildman–Crippen LogP) is 3.99. The number of carbonyl (C=O) groups excluding carboxylic acids is 1. The van der Waals surface area contributed by atoms with Gasteiger partial charge in [0.25, 0.3) is 0 Å². The molecule has 0 radical (unpaired) electrons. The summed E-state index contributed by atoms with van der Waals surface area (Å²) in [4.78, 5) is 16.9. The monoisotopic (exact) mass is 392 g/mol. The number of hydrogen-bond acceptors (Lipinski definition) is 3. The van der Waals surface area contributed by atoms with Crippen LogP contribution in [-0.2, 0) is 0 Å². The van der Waals surface area contributed by atoms with E-state index in [0.29, 0.717) is 11.7 Å². The molecule has 114 valence electrons. The van der Waals surface area contributed by atoms with Gasteiger partial charge in [-0.1, -0.05) is 42.5 Å². The molecule has 0 aliphatic carbocycles. The van der Waals surface area contributed by atoms with Crippen LogP contribution >= 0.6 is 22.6 Å². The smallest absolute Gasteiger partial charge is 0.408 e. The second-order valence-corrected chi connectivity index (χ2v) is 5.04. The van der Waals surface area contributed by atoms with Gasteiger partial charge in [0.2, 0.25) is 0 Å². The van der Waals surface area contributed by atoms with Gasteiger partial charge in [0.15, 0.2) is 5.75 Å². The van der Waals surface area contributed by atoms with E-state index < -0.39 is 0 Å². The summed E-state index contributed by atoms with van der Waals surface area (Å²) in [6.07, 6.45) is -0.365. The van der Waals surface area contributed by atoms with Crippen LogP contribution in [0.15, 0.2) is 18.2 Å². The Morgan fingerprint density at radius 1 is 1.15 bits per heavy atom. The van der Waals surface area contributed by atoms with E-state index >= 15 is 0 Å². The Kier molecular flexibility index (Phi) is 8.60. The lowest BCUT2D eigenvalue weighted by atomic mass is 10.0. The standard InChI is InChI=1S/C14H22N2O2.CH3I/c1-10(2)11-7-8-13(12(9-11)15(3)4)18-14(17)16(5)6;1-2/h7-10H,1-6H3;1H3. The summed E-state index contributed by atoms with van der Waals surface area (Å²) in [5.41, 5.74) is 2.14. The van der Waals surface area contributed by atoms with Crippen molar-refractivity contribution in [1.82, 2.24) is 4.90 Å². The lowest BCUT2D eigenvalue weighted by Gasteiger charge is -2.20. The minimum absolute atomic E-state index is 0.365. The molecule has 0 fully saturated rings. The number of nitrogens with zero attached hydrogens (tertiary/aromatic N) is 2. The molecular formula is C15H25IN2O2. The number of rotatable bonds is 3. The van der Waals surface area contributed by atoms with Gasteiger partial charge >= 0.3 is 6.09 Å².